The maximum absolute atomic E-state index is 13.8. The number of aryl methyl sites for hydroxylation is 1. The van der Waals surface area contributed by atoms with E-state index in [1.807, 2.05) is 5.32 Å². The van der Waals surface area contributed by atoms with E-state index in [1.54, 1.807) is 30.3 Å². The third-order valence-corrected chi connectivity index (χ3v) is 5.33. The van der Waals surface area contributed by atoms with Crippen LogP contribution in [0.15, 0.2) is 48.5 Å². The molecule has 0 radical (unpaired) electrons. The number of amides is 2. The van der Waals surface area contributed by atoms with Gasteiger partial charge >= 0.3 is 18.3 Å². The Morgan fingerprint density at radius 2 is 1.58 bits per heavy atom. The maximum atomic E-state index is 13.8. The SMILES string of the molecule is Cn1nc(C(F)(F)C(F)(F)F)c(C(F)(F)F)c1C(=O)Nc1ccc(Cl)c(C(=O)NNCc2ccccc2)c1. The summed E-state index contributed by atoms with van der Waals surface area (Å²) in [5, 5.41) is 4.48. The molecule has 3 rings (SSSR count). The first-order valence-corrected chi connectivity index (χ1v) is 10.7. The summed E-state index contributed by atoms with van der Waals surface area (Å²) in [6, 6.07) is 12.0. The van der Waals surface area contributed by atoms with E-state index in [4.69, 9.17) is 11.6 Å². The fraction of sp³-hybridized carbons (Fsp3) is 0.227. The molecule has 0 unspecified atom stereocenters. The number of hydrogen-bond acceptors (Lipinski definition) is 4. The molecule has 7 nitrogen and oxygen atoms in total. The van der Waals surface area contributed by atoms with Gasteiger partial charge in [0.2, 0.25) is 0 Å². The summed E-state index contributed by atoms with van der Waals surface area (Å²) in [6.07, 6.45) is -12.2. The van der Waals surface area contributed by atoms with Crippen LogP contribution in [0.3, 0.4) is 0 Å². The molecule has 204 valence electrons. The Morgan fingerprint density at radius 1 is 0.947 bits per heavy atom. The molecule has 16 heteroatoms. The van der Waals surface area contributed by atoms with Gasteiger partial charge in [0.1, 0.15) is 11.3 Å². The van der Waals surface area contributed by atoms with Crippen LogP contribution in [0.1, 0.15) is 37.7 Å². The van der Waals surface area contributed by atoms with Gasteiger partial charge in [-0.25, -0.2) is 5.43 Å². The van der Waals surface area contributed by atoms with Crippen LogP contribution in [0.4, 0.5) is 40.8 Å². The number of anilines is 1. The minimum Gasteiger partial charge on any atom is -0.321 e. The lowest BCUT2D eigenvalue weighted by molar-refractivity contribution is -0.292. The minimum absolute atomic E-state index is 0.0375. The van der Waals surface area contributed by atoms with E-state index in [2.05, 4.69) is 16.0 Å². The molecule has 0 saturated heterocycles. The summed E-state index contributed by atoms with van der Waals surface area (Å²) in [5.41, 5.74) is -1.62. The number of nitrogens with one attached hydrogen (secondary N) is 3. The predicted molar refractivity (Wildman–Crippen MR) is 118 cm³/mol. The highest BCUT2D eigenvalue weighted by Crippen LogP contribution is 2.48. The van der Waals surface area contributed by atoms with Gasteiger partial charge in [-0.2, -0.15) is 40.2 Å². The van der Waals surface area contributed by atoms with Crippen LogP contribution >= 0.6 is 11.6 Å². The summed E-state index contributed by atoms with van der Waals surface area (Å²) in [7, 11) is 0.596. The fourth-order valence-corrected chi connectivity index (χ4v) is 3.47. The summed E-state index contributed by atoms with van der Waals surface area (Å²) < 4.78 is 107. The van der Waals surface area contributed by atoms with Gasteiger partial charge in [-0.15, -0.1) is 0 Å². The largest absolute Gasteiger partial charge is 0.459 e. The van der Waals surface area contributed by atoms with Gasteiger partial charge in [0, 0.05) is 19.3 Å². The van der Waals surface area contributed by atoms with Crippen LogP contribution in [0.5, 0.6) is 0 Å². The summed E-state index contributed by atoms with van der Waals surface area (Å²) in [6.45, 7) is 0.215. The predicted octanol–water partition coefficient (Wildman–Crippen LogP) is 5.43. The molecular formula is C22H16ClF8N5O2. The Hall–Kier alpha value is -3.72. The van der Waals surface area contributed by atoms with E-state index >= 15 is 0 Å². The molecule has 2 amide bonds. The molecule has 0 spiro atoms. The average Bonchev–Trinajstić information content (AvgIpc) is 3.18. The highest BCUT2D eigenvalue weighted by molar-refractivity contribution is 6.34. The summed E-state index contributed by atoms with van der Waals surface area (Å²) >= 11 is 5.99. The number of benzene rings is 2. The van der Waals surface area contributed by atoms with Gasteiger partial charge in [0.05, 0.1) is 10.6 Å². The van der Waals surface area contributed by atoms with Crippen molar-refractivity contribution in [2.45, 2.75) is 24.8 Å². The molecule has 1 heterocycles. The van der Waals surface area contributed by atoms with Gasteiger partial charge in [0.15, 0.2) is 5.69 Å². The molecule has 38 heavy (non-hydrogen) atoms. The van der Waals surface area contributed by atoms with E-state index in [9.17, 15) is 44.7 Å². The summed E-state index contributed by atoms with van der Waals surface area (Å²) in [5.74, 6) is -8.52. The zero-order chi connectivity index (χ0) is 28.5. The standard InChI is InChI=1S/C22H16ClF8N5O2/c1-36-16(15(21(26,27)28)17(35-36)20(24,25)22(29,30)31)19(38)33-12-7-8-14(23)13(9-12)18(37)34-32-10-11-5-3-2-4-6-11/h2-9,32H,10H2,1H3,(H,33,38)(H,34,37). The van der Waals surface area contributed by atoms with Crippen molar-refractivity contribution in [1.29, 1.82) is 0 Å². The molecular weight excluding hydrogens is 554 g/mol. The lowest BCUT2D eigenvalue weighted by Gasteiger charge is -2.19. The first-order valence-electron chi connectivity index (χ1n) is 10.3. The molecule has 0 atom stereocenters. The van der Waals surface area contributed by atoms with Crippen molar-refractivity contribution >= 4 is 29.1 Å². The number of carbonyl (C=O) groups excluding carboxylic acids is 2. The number of alkyl halides is 8. The van der Waals surface area contributed by atoms with Crippen molar-refractivity contribution in [2.24, 2.45) is 7.05 Å². The Bertz CT molecular complexity index is 1340. The van der Waals surface area contributed by atoms with Crippen LogP contribution in [0, 0.1) is 0 Å². The zero-order valence-corrected chi connectivity index (χ0v) is 19.7. The van der Waals surface area contributed by atoms with Crippen LogP contribution in [0.25, 0.3) is 0 Å². The van der Waals surface area contributed by atoms with Crippen molar-refractivity contribution in [1.82, 2.24) is 20.6 Å². The van der Waals surface area contributed by atoms with Crippen molar-refractivity contribution in [3.05, 3.63) is 81.6 Å². The second-order valence-corrected chi connectivity index (χ2v) is 8.11. The van der Waals surface area contributed by atoms with E-state index in [0.717, 1.165) is 23.8 Å². The average molecular weight is 570 g/mol. The molecule has 2 aromatic carbocycles. The zero-order valence-electron chi connectivity index (χ0n) is 18.9. The second-order valence-electron chi connectivity index (χ2n) is 7.71. The van der Waals surface area contributed by atoms with E-state index < -0.39 is 47.0 Å². The quantitative estimate of drug-likeness (QED) is 0.261. The number of halogens is 9. The smallest absolute Gasteiger partial charge is 0.321 e. The van der Waals surface area contributed by atoms with Crippen LogP contribution < -0.4 is 16.2 Å². The Labute approximate surface area is 213 Å². The Balaban J connectivity index is 1.87. The van der Waals surface area contributed by atoms with Crippen LogP contribution in [-0.2, 0) is 25.7 Å². The fourth-order valence-electron chi connectivity index (χ4n) is 3.26. The van der Waals surface area contributed by atoms with Crippen molar-refractivity contribution in [3.63, 3.8) is 0 Å². The monoisotopic (exact) mass is 569 g/mol. The lowest BCUT2D eigenvalue weighted by atomic mass is 10.1. The van der Waals surface area contributed by atoms with Gasteiger partial charge in [-0.3, -0.25) is 19.7 Å². The lowest BCUT2D eigenvalue weighted by Crippen LogP contribution is -2.37. The molecule has 0 aliphatic heterocycles. The third-order valence-electron chi connectivity index (χ3n) is 5.01. The minimum atomic E-state index is -6.41. The molecule has 0 aliphatic rings. The number of nitrogens with zero attached hydrogens (tertiary/aromatic N) is 2. The van der Waals surface area contributed by atoms with E-state index in [1.165, 1.54) is 0 Å². The van der Waals surface area contributed by atoms with Crippen molar-refractivity contribution in [3.8, 4) is 0 Å². The normalized spacial score (nSPS) is 12.4. The Morgan fingerprint density at radius 3 is 2.16 bits per heavy atom. The van der Waals surface area contributed by atoms with Crippen LogP contribution in [0.2, 0.25) is 5.02 Å². The topological polar surface area (TPSA) is 88.0 Å². The molecule has 0 fully saturated rings. The second kappa shape index (κ2) is 10.6. The van der Waals surface area contributed by atoms with Gasteiger partial charge < -0.3 is 5.32 Å². The maximum Gasteiger partial charge on any atom is 0.459 e. The van der Waals surface area contributed by atoms with Gasteiger partial charge in [0.25, 0.3) is 11.8 Å². The first kappa shape index (κ1) is 28.8. The highest BCUT2D eigenvalue weighted by atomic mass is 35.5. The molecule has 0 saturated carbocycles. The number of hydrogen-bond donors (Lipinski definition) is 3. The molecule has 0 bridgehead atoms. The highest BCUT2D eigenvalue weighted by Gasteiger charge is 2.64. The molecule has 1 aromatic heterocycles. The number of aromatic nitrogens is 2. The van der Waals surface area contributed by atoms with Crippen molar-refractivity contribution in [2.75, 3.05) is 5.32 Å². The number of hydrazine groups is 1. The number of rotatable bonds is 7. The van der Waals surface area contributed by atoms with Crippen LogP contribution in [-0.4, -0.2) is 27.8 Å². The Kier molecular flexibility index (Phi) is 8.02. The van der Waals surface area contributed by atoms with E-state index in [-0.39, 0.29) is 27.5 Å². The number of carbonyl (C=O) groups is 2. The summed E-state index contributed by atoms with van der Waals surface area (Å²) in [4.78, 5) is 25.1. The molecule has 3 aromatic rings. The van der Waals surface area contributed by atoms with E-state index in [0.29, 0.717) is 7.05 Å². The third kappa shape index (κ3) is 6.05. The first-order chi connectivity index (χ1) is 17.5. The van der Waals surface area contributed by atoms with Gasteiger partial charge in [-0.1, -0.05) is 41.9 Å². The molecule has 0 aliphatic carbocycles. The molecule has 3 N–H and O–H groups in total. The van der Waals surface area contributed by atoms with Gasteiger partial charge in [-0.05, 0) is 23.8 Å². The van der Waals surface area contributed by atoms with Crippen molar-refractivity contribution < 1.29 is 44.7 Å².